The molecule has 0 aliphatic carbocycles. The van der Waals surface area contributed by atoms with Crippen LogP contribution >= 0.6 is 11.3 Å². The molecule has 0 fully saturated rings. The first-order chi connectivity index (χ1) is 18.0. The van der Waals surface area contributed by atoms with Crippen LogP contribution in [-0.4, -0.2) is 14.5 Å². The van der Waals surface area contributed by atoms with E-state index in [-0.39, 0.29) is 5.41 Å². The van der Waals surface area contributed by atoms with Crippen LogP contribution in [0, 0.1) is 0 Å². The number of hydrogen-bond acceptors (Lipinski definition) is 4. The van der Waals surface area contributed by atoms with E-state index in [1.807, 2.05) is 24.3 Å². The first-order valence-corrected chi connectivity index (χ1v) is 13.3. The Morgan fingerprint density at radius 3 is 2.19 bits per heavy atom. The van der Waals surface area contributed by atoms with Crippen LogP contribution in [0.25, 0.3) is 60.6 Å². The highest BCUT2D eigenvalue weighted by atomic mass is 32.1. The van der Waals surface area contributed by atoms with Crippen LogP contribution < -0.4 is 0 Å². The van der Waals surface area contributed by atoms with E-state index in [2.05, 4.69) is 98.1 Å². The number of aromatic nitrogens is 3. The summed E-state index contributed by atoms with van der Waals surface area (Å²) in [7, 11) is 0. The van der Waals surface area contributed by atoms with Gasteiger partial charge in [-0.2, -0.15) is 0 Å². The SMILES string of the molecule is CC(C)(C)c1nc2nc(-c3cccc4c3oc3ccccc34)n(-c3ccc(-c4ccccc4)cc3)c2s1. The average Bonchev–Trinajstić information content (AvgIpc) is 3.60. The van der Waals surface area contributed by atoms with Gasteiger partial charge in [-0.25, -0.2) is 9.97 Å². The molecule has 0 aliphatic heterocycles. The molecule has 0 amide bonds. The highest BCUT2D eigenvalue weighted by Gasteiger charge is 2.25. The Morgan fingerprint density at radius 1 is 0.703 bits per heavy atom. The number of furan rings is 1. The smallest absolute Gasteiger partial charge is 0.190 e. The lowest BCUT2D eigenvalue weighted by molar-refractivity contribution is 0.586. The van der Waals surface area contributed by atoms with E-state index < -0.39 is 0 Å². The molecule has 0 unspecified atom stereocenters. The fourth-order valence-electron chi connectivity index (χ4n) is 4.87. The molecule has 3 aromatic heterocycles. The van der Waals surface area contributed by atoms with Gasteiger partial charge in [0.05, 0.1) is 5.56 Å². The predicted octanol–water partition coefficient (Wildman–Crippen LogP) is 9.01. The Balaban J connectivity index is 1.48. The Labute approximate surface area is 218 Å². The lowest BCUT2D eigenvalue weighted by Crippen LogP contribution is -2.10. The Hall–Kier alpha value is -4.22. The highest BCUT2D eigenvalue weighted by Crippen LogP contribution is 2.40. The van der Waals surface area contributed by atoms with Crippen LogP contribution in [0.15, 0.2) is 101 Å². The van der Waals surface area contributed by atoms with Crippen LogP contribution in [0.5, 0.6) is 0 Å². The number of nitrogens with zero attached hydrogens (tertiary/aromatic N) is 3. The minimum Gasteiger partial charge on any atom is -0.455 e. The maximum atomic E-state index is 6.39. The average molecular weight is 500 g/mol. The topological polar surface area (TPSA) is 43.9 Å². The van der Waals surface area contributed by atoms with Crippen molar-refractivity contribution in [2.45, 2.75) is 26.2 Å². The summed E-state index contributed by atoms with van der Waals surface area (Å²) in [5, 5.41) is 3.28. The number of thiazole rings is 1. The summed E-state index contributed by atoms with van der Waals surface area (Å²) in [6, 6.07) is 33.6. The second-order valence-corrected chi connectivity index (χ2v) is 11.3. The number of imidazole rings is 1. The van der Waals surface area contributed by atoms with Gasteiger partial charge in [0, 0.05) is 21.9 Å². The van der Waals surface area contributed by atoms with Crippen LogP contribution in [0.2, 0.25) is 0 Å². The standard InChI is InChI=1S/C32H25N3OS/c1-32(2,3)31-34-28-30(37-31)35(22-18-16-21(17-19-22)20-10-5-4-6-11-20)29(33-28)25-14-9-13-24-23-12-7-8-15-26(23)36-27(24)25/h4-19H,1-3H3. The summed E-state index contributed by atoms with van der Waals surface area (Å²) in [6.45, 7) is 6.58. The van der Waals surface area contributed by atoms with E-state index in [0.29, 0.717) is 0 Å². The zero-order valence-corrected chi connectivity index (χ0v) is 21.7. The van der Waals surface area contributed by atoms with E-state index in [1.165, 1.54) is 11.1 Å². The van der Waals surface area contributed by atoms with Crippen molar-refractivity contribution in [3.05, 3.63) is 102 Å². The first-order valence-electron chi connectivity index (χ1n) is 12.4. The normalized spacial score (nSPS) is 12.2. The molecule has 0 atom stereocenters. The second-order valence-electron chi connectivity index (χ2n) is 10.4. The van der Waals surface area contributed by atoms with E-state index in [4.69, 9.17) is 14.4 Å². The number of para-hydroxylation sites is 2. The van der Waals surface area contributed by atoms with Gasteiger partial charge in [-0.15, -0.1) is 0 Å². The monoisotopic (exact) mass is 499 g/mol. The number of rotatable bonds is 3. The van der Waals surface area contributed by atoms with Crippen molar-refractivity contribution in [3.8, 4) is 28.2 Å². The fourth-order valence-corrected chi connectivity index (χ4v) is 5.95. The van der Waals surface area contributed by atoms with Gasteiger partial charge in [0.1, 0.15) is 21.0 Å². The lowest BCUT2D eigenvalue weighted by atomic mass is 9.98. The molecule has 0 bridgehead atoms. The summed E-state index contributed by atoms with van der Waals surface area (Å²) >= 11 is 1.71. The molecule has 3 heterocycles. The van der Waals surface area contributed by atoms with Gasteiger partial charge in [-0.3, -0.25) is 4.57 Å². The molecule has 7 rings (SSSR count). The van der Waals surface area contributed by atoms with Crippen molar-refractivity contribution in [3.63, 3.8) is 0 Å². The van der Waals surface area contributed by atoms with Crippen LogP contribution in [0.3, 0.4) is 0 Å². The molecular weight excluding hydrogens is 474 g/mol. The van der Waals surface area contributed by atoms with Crippen LogP contribution in [0.1, 0.15) is 25.8 Å². The molecule has 37 heavy (non-hydrogen) atoms. The Kier molecular flexibility index (Phi) is 4.85. The molecule has 0 aliphatic rings. The highest BCUT2D eigenvalue weighted by molar-refractivity contribution is 7.18. The molecule has 7 aromatic rings. The zero-order valence-electron chi connectivity index (χ0n) is 20.9. The third kappa shape index (κ3) is 3.58. The summed E-state index contributed by atoms with van der Waals surface area (Å²) < 4.78 is 8.62. The largest absolute Gasteiger partial charge is 0.455 e. The van der Waals surface area contributed by atoms with Gasteiger partial charge < -0.3 is 4.42 Å². The van der Waals surface area contributed by atoms with Gasteiger partial charge in [0.15, 0.2) is 11.5 Å². The molecule has 0 spiro atoms. The first kappa shape index (κ1) is 22.0. The molecule has 0 radical (unpaired) electrons. The molecule has 5 heteroatoms. The maximum Gasteiger partial charge on any atom is 0.190 e. The lowest BCUT2D eigenvalue weighted by Gasteiger charge is -2.14. The van der Waals surface area contributed by atoms with Gasteiger partial charge in [-0.05, 0) is 35.4 Å². The number of fused-ring (bicyclic) bond motifs is 4. The molecule has 0 saturated heterocycles. The minimum absolute atomic E-state index is 0.0493. The van der Waals surface area contributed by atoms with Gasteiger partial charge >= 0.3 is 0 Å². The van der Waals surface area contributed by atoms with Crippen LogP contribution in [0.4, 0.5) is 0 Å². The number of hydrogen-bond donors (Lipinski definition) is 0. The van der Waals surface area contributed by atoms with E-state index in [9.17, 15) is 0 Å². The summed E-state index contributed by atoms with van der Waals surface area (Å²) in [5.74, 6) is 0.839. The summed E-state index contributed by atoms with van der Waals surface area (Å²) in [5.41, 5.74) is 6.84. The third-order valence-electron chi connectivity index (χ3n) is 6.74. The zero-order chi connectivity index (χ0) is 25.1. The Bertz CT molecular complexity index is 1900. The van der Waals surface area contributed by atoms with Crippen molar-refractivity contribution < 1.29 is 4.42 Å². The van der Waals surface area contributed by atoms with E-state index in [0.717, 1.165) is 54.5 Å². The van der Waals surface area contributed by atoms with Gasteiger partial charge in [0.25, 0.3) is 0 Å². The molecular formula is C32H25N3OS. The summed E-state index contributed by atoms with van der Waals surface area (Å²) in [6.07, 6.45) is 0. The van der Waals surface area contributed by atoms with E-state index >= 15 is 0 Å². The Morgan fingerprint density at radius 2 is 1.41 bits per heavy atom. The molecule has 0 N–H and O–H groups in total. The van der Waals surface area contributed by atoms with Crippen molar-refractivity contribution in [1.82, 2.24) is 14.5 Å². The van der Waals surface area contributed by atoms with Crippen LogP contribution in [-0.2, 0) is 5.41 Å². The second kappa shape index (κ2) is 8.15. The van der Waals surface area contributed by atoms with Gasteiger partial charge in [0.2, 0.25) is 0 Å². The molecule has 4 nitrogen and oxygen atoms in total. The summed E-state index contributed by atoms with van der Waals surface area (Å²) in [4.78, 5) is 11.1. The molecule has 180 valence electrons. The van der Waals surface area contributed by atoms with Crippen molar-refractivity contribution in [2.24, 2.45) is 0 Å². The van der Waals surface area contributed by atoms with E-state index in [1.54, 1.807) is 11.3 Å². The van der Waals surface area contributed by atoms with Crippen molar-refractivity contribution in [2.75, 3.05) is 0 Å². The van der Waals surface area contributed by atoms with Gasteiger partial charge in [-0.1, -0.05) is 105 Å². The minimum atomic E-state index is -0.0493. The van der Waals surface area contributed by atoms with Crippen molar-refractivity contribution in [1.29, 1.82) is 0 Å². The van der Waals surface area contributed by atoms with Crippen molar-refractivity contribution >= 4 is 43.8 Å². The maximum absolute atomic E-state index is 6.39. The molecule has 4 aromatic carbocycles. The molecule has 0 saturated carbocycles. The quantitative estimate of drug-likeness (QED) is 0.244. The number of benzene rings is 4. The third-order valence-corrected chi connectivity index (χ3v) is 8.19. The fraction of sp³-hybridized carbons (Fsp3) is 0.125. The predicted molar refractivity (Wildman–Crippen MR) is 154 cm³/mol.